The van der Waals surface area contributed by atoms with Crippen molar-refractivity contribution in [3.8, 4) is 0 Å². The maximum Gasteiger partial charge on any atom is 0.410 e. The summed E-state index contributed by atoms with van der Waals surface area (Å²) in [5, 5.41) is 11.4. The zero-order chi connectivity index (χ0) is 14.3. The fourth-order valence-electron chi connectivity index (χ4n) is 2.65. The Balaban J connectivity index is 1.90. The summed E-state index contributed by atoms with van der Waals surface area (Å²) in [4.78, 5) is 25.6. The Bertz CT molecular complexity index is 391. The lowest BCUT2D eigenvalue weighted by Crippen LogP contribution is -2.41. The van der Waals surface area contributed by atoms with Crippen molar-refractivity contribution in [2.24, 2.45) is 11.3 Å². The number of rotatable bonds is 3. The molecule has 2 rings (SSSR count). The molecule has 2 atom stereocenters. The average molecular weight is 270 g/mol. The van der Waals surface area contributed by atoms with Crippen molar-refractivity contribution in [1.82, 2.24) is 10.2 Å². The highest BCUT2D eigenvalue weighted by molar-refractivity contribution is 5.88. The highest BCUT2D eigenvalue weighted by Crippen LogP contribution is 2.58. The van der Waals surface area contributed by atoms with Crippen LogP contribution in [0.5, 0.6) is 0 Å². The SMILES string of the molecule is CC(C)(C)OC(=O)N1CC2CC2(C(=O)NCCO)C1. The number of nitrogens with one attached hydrogen (secondary N) is 1. The van der Waals surface area contributed by atoms with Crippen molar-refractivity contribution in [2.45, 2.75) is 32.8 Å². The third-order valence-electron chi connectivity index (χ3n) is 3.65. The Kier molecular flexibility index (Phi) is 3.47. The summed E-state index contributed by atoms with van der Waals surface area (Å²) in [6.07, 6.45) is 0.470. The van der Waals surface area contributed by atoms with Gasteiger partial charge in [-0.15, -0.1) is 0 Å². The van der Waals surface area contributed by atoms with Crippen LogP contribution in [0.1, 0.15) is 27.2 Å². The topological polar surface area (TPSA) is 78.9 Å². The van der Waals surface area contributed by atoms with E-state index in [9.17, 15) is 9.59 Å². The molecule has 0 radical (unpaired) electrons. The molecular formula is C13H22N2O4. The summed E-state index contributed by atoms with van der Waals surface area (Å²) in [5.41, 5.74) is -0.956. The summed E-state index contributed by atoms with van der Waals surface area (Å²) in [6, 6.07) is 0. The number of aliphatic hydroxyl groups excluding tert-OH is 1. The van der Waals surface area contributed by atoms with Crippen molar-refractivity contribution in [1.29, 1.82) is 0 Å². The number of fused-ring (bicyclic) bond motifs is 1. The van der Waals surface area contributed by atoms with E-state index < -0.39 is 11.0 Å². The average Bonchev–Trinajstić information content (AvgIpc) is 2.87. The Morgan fingerprint density at radius 2 is 2.16 bits per heavy atom. The van der Waals surface area contributed by atoms with Gasteiger partial charge in [-0.05, 0) is 33.1 Å². The van der Waals surface area contributed by atoms with E-state index in [4.69, 9.17) is 9.84 Å². The second-order valence-corrected chi connectivity index (χ2v) is 6.40. The van der Waals surface area contributed by atoms with Crippen molar-refractivity contribution < 1.29 is 19.4 Å². The van der Waals surface area contributed by atoms with Crippen molar-refractivity contribution >= 4 is 12.0 Å². The smallest absolute Gasteiger partial charge is 0.410 e. The van der Waals surface area contributed by atoms with Gasteiger partial charge in [0.05, 0.1) is 12.0 Å². The van der Waals surface area contributed by atoms with Crippen LogP contribution in [-0.4, -0.2) is 53.8 Å². The third-order valence-corrected chi connectivity index (χ3v) is 3.65. The molecule has 1 aliphatic heterocycles. The number of amides is 2. The van der Waals surface area contributed by atoms with Gasteiger partial charge in [-0.3, -0.25) is 4.79 Å². The van der Waals surface area contributed by atoms with Crippen molar-refractivity contribution in [3.63, 3.8) is 0 Å². The molecule has 0 bridgehead atoms. The molecule has 0 aromatic heterocycles. The number of likely N-dealkylation sites (tertiary alicyclic amines) is 1. The summed E-state index contributed by atoms with van der Waals surface area (Å²) in [5.74, 6) is 0.177. The highest BCUT2D eigenvalue weighted by atomic mass is 16.6. The van der Waals surface area contributed by atoms with E-state index in [2.05, 4.69) is 5.32 Å². The molecule has 108 valence electrons. The quantitative estimate of drug-likeness (QED) is 0.775. The molecule has 2 N–H and O–H groups in total. The van der Waals surface area contributed by atoms with Crippen LogP contribution in [0.15, 0.2) is 0 Å². The van der Waals surface area contributed by atoms with Gasteiger partial charge in [-0.1, -0.05) is 0 Å². The van der Waals surface area contributed by atoms with Crippen LogP contribution in [0.2, 0.25) is 0 Å². The minimum absolute atomic E-state index is 0.0578. The number of hydrogen-bond acceptors (Lipinski definition) is 4. The fourth-order valence-corrected chi connectivity index (χ4v) is 2.65. The van der Waals surface area contributed by atoms with Gasteiger partial charge in [0.15, 0.2) is 0 Å². The van der Waals surface area contributed by atoms with Crippen LogP contribution in [0.3, 0.4) is 0 Å². The molecule has 0 aromatic carbocycles. The molecule has 2 unspecified atom stereocenters. The first kappa shape index (κ1) is 14.1. The van der Waals surface area contributed by atoms with Gasteiger partial charge in [0.2, 0.25) is 5.91 Å². The number of ether oxygens (including phenoxy) is 1. The molecule has 0 aromatic rings. The molecule has 0 spiro atoms. The minimum Gasteiger partial charge on any atom is -0.444 e. The van der Waals surface area contributed by atoms with Crippen LogP contribution < -0.4 is 5.32 Å². The molecule has 2 aliphatic rings. The number of aliphatic hydroxyl groups is 1. The van der Waals surface area contributed by atoms with E-state index in [-0.39, 0.29) is 31.1 Å². The molecule has 19 heavy (non-hydrogen) atoms. The summed E-state index contributed by atoms with van der Waals surface area (Å²) >= 11 is 0. The van der Waals surface area contributed by atoms with Crippen LogP contribution in [0.4, 0.5) is 4.79 Å². The molecular weight excluding hydrogens is 248 g/mol. The summed E-state index contributed by atoms with van der Waals surface area (Å²) in [6.45, 7) is 6.68. The van der Waals surface area contributed by atoms with E-state index in [0.29, 0.717) is 13.1 Å². The highest BCUT2D eigenvalue weighted by Gasteiger charge is 2.65. The van der Waals surface area contributed by atoms with Gasteiger partial charge in [-0.2, -0.15) is 0 Å². The first-order valence-corrected chi connectivity index (χ1v) is 6.65. The van der Waals surface area contributed by atoms with Crippen molar-refractivity contribution in [2.75, 3.05) is 26.2 Å². The lowest BCUT2D eigenvalue weighted by atomic mass is 10.1. The Hall–Kier alpha value is -1.30. The lowest BCUT2D eigenvalue weighted by molar-refractivity contribution is -0.126. The van der Waals surface area contributed by atoms with Gasteiger partial charge >= 0.3 is 6.09 Å². The summed E-state index contributed by atoms with van der Waals surface area (Å²) < 4.78 is 5.31. The Morgan fingerprint density at radius 3 is 2.74 bits per heavy atom. The zero-order valence-electron chi connectivity index (χ0n) is 11.7. The molecule has 6 heteroatoms. The first-order valence-electron chi connectivity index (χ1n) is 6.65. The standard InChI is InChI=1S/C13H22N2O4/c1-12(2,3)19-11(18)15-7-9-6-13(9,8-15)10(17)14-4-5-16/h9,16H,4-8H2,1-3H3,(H,14,17). The molecule has 2 fully saturated rings. The lowest BCUT2D eigenvalue weighted by Gasteiger charge is -2.26. The Morgan fingerprint density at radius 1 is 1.47 bits per heavy atom. The van der Waals surface area contributed by atoms with Crippen LogP contribution in [0.25, 0.3) is 0 Å². The van der Waals surface area contributed by atoms with E-state index in [1.807, 2.05) is 20.8 Å². The van der Waals surface area contributed by atoms with E-state index >= 15 is 0 Å². The van der Waals surface area contributed by atoms with Crippen LogP contribution in [0, 0.1) is 11.3 Å². The predicted molar refractivity (Wildman–Crippen MR) is 68.4 cm³/mol. The largest absolute Gasteiger partial charge is 0.444 e. The van der Waals surface area contributed by atoms with Crippen molar-refractivity contribution in [3.05, 3.63) is 0 Å². The van der Waals surface area contributed by atoms with Gasteiger partial charge in [0, 0.05) is 19.6 Å². The summed E-state index contributed by atoms with van der Waals surface area (Å²) in [7, 11) is 0. The maximum absolute atomic E-state index is 12.0. The number of nitrogens with zero attached hydrogens (tertiary/aromatic N) is 1. The van der Waals surface area contributed by atoms with Crippen LogP contribution in [-0.2, 0) is 9.53 Å². The third kappa shape index (κ3) is 2.83. The maximum atomic E-state index is 12.0. The fraction of sp³-hybridized carbons (Fsp3) is 0.846. The van der Waals surface area contributed by atoms with Gasteiger partial charge in [0.1, 0.15) is 5.60 Å². The monoisotopic (exact) mass is 270 g/mol. The Labute approximate surface area is 113 Å². The number of hydrogen-bond donors (Lipinski definition) is 2. The molecule has 2 amide bonds. The van der Waals surface area contributed by atoms with Gasteiger partial charge < -0.3 is 20.1 Å². The molecule has 1 aliphatic carbocycles. The van der Waals surface area contributed by atoms with Crippen LogP contribution >= 0.6 is 0 Å². The molecule has 1 saturated heterocycles. The molecule has 1 saturated carbocycles. The zero-order valence-corrected chi connectivity index (χ0v) is 11.7. The van der Waals surface area contributed by atoms with E-state index in [1.54, 1.807) is 4.90 Å². The molecule has 1 heterocycles. The van der Waals surface area contributed by atoms with Gasteiger partial charge in [-0.25, -0.2) is 4.79 Å². The minimum atomic E-state index is -0.518. The van der Waals surface area contributed by atoms with Gasteiger partial charge in [0.25, 0.3) is 0 Å². The second-order valence-electron chi connectivity index (χ2n) is 6.40. The second kappa shape index (κ2) is 4.67. The number of piperidine rings is 1. The number of carbonyl (C=O) groups is 2. The molecule has 6 nitrogen and oxygen atoms in total. The van der Waals surface area contributed by atoms with E-state index in [0.717, 1.165) is 6.42 Å². The van der Waals surface area contributed by atoms with E-state index in [1.165, 1.54) is 0 Å². The normalized spacial score (nSPS) is 28.8. The first-order chi connectivity index (χ1) is 8.78. The number of carbonyl (C=O) groups excluding carboxylic acids is 2. The predicted octanol–water partition coefficient (Wildman–Crippen LogP) is 0.352.